The Bertz CT molecular complexity index is 535. The molecule has 3 N–H and O–H groups in total. The molecule has 278 valence electrons. The Balaban J connectivity index is -0.000000212. The maximum Gasteiger partial charge on any atom is 1.00 e. The van der Waals surface area contributed by atoms with E-state index in [1.54, 1.807) is 0 Å². The smallest absolute Gasteiger partial charge is 0.550 e. The van der Waals surface area contributed by atoms with Gasteiger partial charge in [-0.2, -0.15) is 0 Å². The summed E-state index contributed by atoms with van der Waals surface area (Å²) < 4.78 is 0. The van der Waals surface area contributed by atoms with Gasteiger partial charge in [-0.25, -0.2) is 0 Å². The van der Waals surface area contributed by atoms with Crippen LogP contribution in [0.2, 0.25) is 0 Å². The van der Waals surface area contributed by atoms with Gasteiger partial charge < -0.3 is 35.1 Å². The molecule has 9 heteroatoms. The maximum atomic E-state index is 10.2. The van der Waals surface area contributed by atoms with Crippen LogP contribution in [-0.4, -0.2) is 46.6 Å². The summed E-state index contributed by atoms with van der Waals surface area (Å²) in [4.78, 5) is 20.4. The van der Waals surface area contributed by atoms with Crippen LogP contribution in [-0.2, 0) is 9.59 Å². The van der Waals surface area contributed by atoms with Crippen molar-refractivity contribution in [3.8, 4) is 0 Å². The first-order chi connectivity index (χ1) is 22.3. The number of carboxylic acids is 2. The van der Waals surface area contributed by atoms with Crippen molar-refractivity contribution in [2.24, 2.45) is 0 Å². The van der Waals surface area contributed by atoms with E-state index >= 15 is 0 Å². The molecule has 0 aromatic heterocycles. The molecule has 0 aromatic rings. The first kappa shape index (κ1) is 58.1. The number of carboxylic acid groups (broad SMARTS) is 2. The van der Waals surface area contributed by atoms with Crippen LogP contribution in [0.1, 0.15) is 219 Å². The van der Waals surface area contributed by atoms with Crippen LogP contribution >= 0.6 is 0 Å². The molecule has 7 nitrogen and oxygen atoms in total. The van der Waals surface area contributed by atoms with Gasteiger partial charge in [-0.05, 0) is 25.7 Å². The molecule has 0 heterocycles. The third-order valence-electron chi connectivity index (χ3n) is 8.39. The minimum Gasteiger partial charge on any atom is -0.550 e. The molecule has 0 rings (SSSR count). The van der Waals surface area contributed by atoms with E-state index in [0.717, 1.165) is 25.7 Å². The summed E-state index contributed by atoms with van der Waals surface area (Å²) in [6.45, 7) is 3.81. The molecular weight excluding hydrogens is 626 g/mol. The first-order valence-corrected chi connectivity index (χ1v) is 19.6. The van der Waals surface area contributed by atoms with Gasteiger partial charge in [0.2, 0.25) is 0 Å². The fourth-order valence-electron chi connectivity index (χ4n) is 5.34. The zero-order chi connectivity index (χ0) is 34.8. The van der Waals surface area contributed by atoms with Crippen molar-refractivity contribution in [2.75, 3.05) is 13.2 Å². The van der Waals surface area contributed by atoms with Crippen LogP contribution in [0.25, 0.3) is 0 Å². The quantitative estimate of drug-likeness (QED) is 0.0690. The van der Waals surface area contributed by atoms with Gasteiger partial charge in [-0.1, -0.05) is 194 Å². The topological polar surface area (TPSA) is 141 Å². The number of hydrogen-bond donors (Lipinski definition) is 3. The second-order valence-electron chi connectivity index (χ2n) is 13.2. The van der Waals surface area contributed by atoms with Crippen LogP contribution in [0.4, 0.5) is 0 Å². The van der Waals surface area contributed by atoms with Crippen molar-refractivity contribution >= 4 is 11.9 Å². The third-order valence-corrected chi connectivity index (χ3v) is 8.39. The minimum absolute atomic E-state index is 0. The van der Waals surface area contributed by atoms with Crippen molar-refractivity contribution in [1.29, 1.82) is 0 Å². The summed E-state index contributed by atoms with van der Waals surface area (Å²) in [7, 11) is 0. The van der Waals surface area contributed by atoms with Gasteiger partial charge >= 0.3 is 59.1 Å². The van der Waals surface area contributed by atoms with Crippen LogP contribution < -0.4 is 69.3 Å². The maximum absolute atomic E-state index is 10.2. The fourth-order valence-corrected chi connectivity index (χ4v) is 5.34. The average molecular weight is 705 g/mol. The normalized spacial score (nSPS) is 10.3. The number of rotatable bonds is 34. The van der Waals surface area contributed by atoms with Gasteiger partial charge in [0.05, 0.1) is 13.2 Å². The fraction of sp³-hybridized carbons (Fsp3) is 0.949. The Kier molecular flexibility index (Phi) is 66.1. The molecule has 0 amide bonds. The molecule has 0 aliphatic carbocycles. The molecule has 0 fully saturated rings. The largest absolute Gasteiger partial charge is 1.00 e. The van der Waals surface area contributed by atoms with Gasteiger partial charge in [-0.15, -0.1) is 0 Å². The van der Waals surface area contributed by atoms with Gasteiger partial charge in [0.1, 0.15) is 6.10 Å². The van der Waals surface area contributed by atoms with Crippen LogP contribution in [0, 0.1) is 0 Å². The van der Waals surface area contributed by atoms with Crippen molar-refractivity contribution < 1.29 is 94.2 Å². The minimum atomic E-state index is -0.954. The molecule has 0 spiro atoms. The van der Waals surface area contributed by atoms with Crippen LogP contribution in [0.15, 0.2) is 0 Å². The molecule has 0 unspecified atom stereocenters. The van der Waals surface area contributed by atoms with Gasteiger partial charge in [0.15, 0.2) is 0 Å². The molecule has 48 heavy (non-hydrogen) atoms. The molecule has 0 atom stereocenters. The number of carbonyl (C=O) groups excluding carboxylic acids is 2. The van der Waals surface area contributed by atoms with E-state index in [9.17, 15) is 19.8 Å². The van der Waals surface area contributed by atoms with E-state index in [0.29, 0.717) is 0 Å². The number of unbranched alkanes of at least 4 members (excludes halogenated alkanes) is 28. The standard InChI is InChI=1S/2C18H36O2.C3H8O3.2Na/c2*1-2-3-4-5-6-7-8-9-10-11-12-13-14-15-16-17-18(19)20;4-1-3(6)2-5;;/h2*2-17H2,1H3,(H,19,20);3-6H,1-2H2;;/q;;;2*+1/p-2. The Labute approximate surface area is 342 Å². The molecule has 0 aliphatic heterocycles. The second-order valence-corrected chi connectivity index (χ2v) is 13.2. The van der Waals surface area contributed by atoms with E-state index < -0.39 is 18.0 Å². The van der Waals surface area contributed by atoms with Crippen molar-refractivity contribution in [1.82, 2.24) is 0 Å². The molecule has 0 aromatic carbocycles. The SMILES string of the molecule is CCCCCCCCCCCCCCCCCC(=O)[O-].CCCCCCCCCCCCCCCCCC(=O)[O-].OCC(O)CO.[Na+].[Na+]. The molecule has 0 aliphatic rings. The van der Waals surface area contributed by atoms with Gasteiger partial charge in [0.25, 0.3) is 0 Å². The Morgan fingerprint density at radius 2 is 0.562 bits per heavy atom. The molecule has 0 saturated heterocycles. The summed E-state index contributed by atoms with van der Waals surface area (Å²) in [5, 5.41) is 44.5. The molecular formula is C39H78Na2O7. The molecule has 0 saturated carbocycles. The Morgan fingerprint density at radius 3 is 0.688 bits per heavy atom. The zero-order valence-corrected chi connectivity index (χ0v) is 36.6. The first-order valence-electron chi connectivity index (χ1n) is 19.6. The van der Waals surface area contributed by atoms with E-state index in [1.165, 1.54) is 167 Å². The number of hydrogen-bond acceptors (Lipinski definition) is 7. The van der Waals surface area contributed by atoms with E-state index in [4.69, 9.17) is 15.3 Å². The monoisotopic (exact) mass is 705 g/mol. The summed E-state index contributed by atoms with van der Waals surface area (Å²) in [5.74, 6) is -1.81. The molecule has 0 bridgehead atoms. The van der Waals surface area contributed by atoms with Crippen molar-refractivity contribution in [2.45, 2.75) is 225 Å². The van der Waals surface area contributed by atoms with Crippen LogP contribution in [0.5, 0.6) is 0 Å². The number of aliphatic hydroxyl groups excluding tert-OH is 3. The Morgan fingerprint density at radius 1 is 0.396 bits per heavy atom. The van der Waals surface area contributed by atoms with E-state index in [-0.39, 0.29) is 85.2 Å². The predicted molar refractivity (Wildman–Crippen MR) is 189 cm³/mol. The van der Waals surface area contributed by atoms with Crippen molar-refractivity contribution in [3.63, 3.8) is 0 Å². The summed E-state index contributed by atoms with van der Waals surface area (Å²) >= 11 is 0. The summed E-state index contributed by atoms with van der Waals surface area (Å²) in [6.07, 6.45) is 38.8. The van der Waals surface area contributed by atoms with Gasteiger partial charge in [0, 0.05) is 11.9 Å². The Hall–Kier alpha value is 0.820. The number of aliphatic carboxylic acids is 2. The predicted octanol–water partition coefficient (Wildman–Crippen LogP) is 2.34. The van der Waals surface area contributed by atoms with Crippen molar-refractivity contribution in [3.05, 3.63) is 0 Å². The number of aliphatic hydroxyl groups is 3. The third kappa shape index (κ3) is 65.2. The van der Waals surface area contributed by atoms with E-state index in [2.05, 4.69) is 13.8 Å². The number of carbonyl (C=O) groups is 2. The summed E-state index contributed by atoms with van der Waals surface area (Å²) in [5.41, 5.74) is 0. The molecule has 0 radical (unpaired) electrons. The zero-order valence-electron chi connectivity index (χ0n) is 32.6. The van der Waals surface area contributed by atoms with Crippen LogP contribution in [0.3, 0.4) is 0 Å². The summed E-state index contributed by atoms with van der Waals surface area (Å²) in [6, 6.07) is 0. The average Bonchev–Trinajstić information content (AvgIpc) is 3.04. The second kappa shape index (κ2) is 54.6. The van der Waals surface area contributed by atoms with E-state index in [1.807, 2.05) is 0 Å². The van der Waals surface area contributed by atoms with Gasteiger partial charge in [-0.3, -0.25) is 0 Å².